The summed E-state index contributed by atoms with van der Waals surface area (Å²) in [6.45, 7) is 8.45. The minimum Gasteiger partial charge on any atom is -0.462 e. The fourth-order valence-electron chi connectivity index (χ4n) is 2.64. The summed E-state index contributed by atoms with van der Waals surface area (Å²) >= 11 is 0. The molecule has 0 aliphatic carbocycles. The van der Waals surface area contributed by atoms with Crippen LogP contribution >= 0.6 is 0 Å². The molecular weight excluding hydrogens is 340 g/mol. The van der Waals surface area contributed by atoms with Crippen LogP contribution in [0, 0.1) is 5.92 Å². The summed E-state index contributed by atoms with van der Waals surface area (Å²) in [6.07, 6.45) is 8.33. The van der Waals surface area contributed by atoms with Gasteiger partial charge in [-0.2, -0.15) is 0 Å². The highest BCUT2D eigenvalue weighted by atomic mass is 16.5. The largest absolute Gasteiger partial charge is 0.462 e. The van der Waals surface area contributed by atoms with Crippen LogP contribution in [-0.2, 0) is 4.74 Å². The van der Waals surface area contributed by atoms with Crippen LogP contribution in [0.15, 0.2) is 43.4 Å². The Labute approximate surface area is 157 Å². The second-order valence-electron chi connectivity index (χ2n) is 6.64. The van der Waals surface area contributed by atoms with Gasteiger partial charge in [-0.1, -0.05) is 26.5 Å². The first kappa shape index (κ1) is 18.4. The van der Waals surface area contributed by atoms with E-state index in [1.165, 1.54) is 12.4 Å². The highest BCUT2D eigenvalue weighted by molar-refractivity contribution is 5.95. The maximum Gasteiger partial charge on any atom is 0.339 e. The van der Waals surface area contributed by atoms with Crippen LogP contribution in [0.3, 0.4) is 0 Å². The molecule has 0 atom stereocenters. The third-order valence-electron chi connectivity index (χ3n) is 4.02. The van der Waals surface area contributed by atoms with Crippen molar-refractivity contribution in [2.24, 2.45) is 11.7 Å². The quantitative estimate of drug-likeness (QED) is 0.677. The summed E-state index contributed by atoms with van der Waals surface area (Å²) < 4.78 is 5.30. The number of ether oxygens (including phenoxy) is 1. The maximum absolute atomic E-state index is 12.3. The van der Waals surface area contributed by atoms with E-state index in [4.69, 9.17) is 10.5 Å². The molecule has 3 N–H and O–H groups in total. The number of aromatic amines is 1. The first-order valence-corrected chi connectivity index (χ1v) is 8.67. The molecule has 3 rings (SSSR count). The second-order valence-corrected chi connectivity index (χ2v) is 6.64. The average Bonchev–Trinajstić information content (AvgIpc) is 3.03. The van der Waals surface area contributed by atoms with E-state index in [0.29, 0.717) is 23.2 Å². The molecule has 0 aliphatic heterocycles. The van der Waals surface area contributed by atoms with Crippen LogP contribution in [0.2, 0.25) is 0 Å². The molecule has 0 bridgehead atoms. The zero-order valence-electron chi connectivity index (χ0n) is 15.4. The van der Waals surface area contributed by atoms with Gasteiger partial charge in [0.25, 0.3) is 0 Å². The fourth-order valence-corrected chi connectivity index (χ4v) is 2.64. The van der Waals surface area contributed by atoms with Crippen molar-refractivity contribution in [2.45, 2.75) is 13.8 Å². The normalized spacial score (nSPS) is 12.7. The van der Waals surface area contributed by atoms with Gasteiger partial charge in [-0.15, -0.1) is 0 Å². The minimum absolute atomic E-state index is 0.267. The van der Waals surface area contributed by atoms with Crippen LogP contribution in [0.25, 0.3) is 28.9 Å². The number of nitrogens with two attached hydrogens (primary N) is 1. The van der Waals surface area contributed by atoms with Gasteiger partial charge in [0.1, 0.15) is 5.65 Å². The van der Waals surface area contributed by atoms with Crippen LogP contribution in [0.4, 0.5) is 0 Å². The van der Waals surface area contributed by atoms with E-state index in [-0.39, 0.29) is 5.92 Å². The molecule has 0 unspecified atom stereocenters. The van der Waals surface area contributed by atoms with E-state index < -0.39 is 5.97 Å². The monoisotopic (exact) mass is 362 g/mol. The zero-order valence-corrected chi connectivity index (χ0v) is 15.4. The van der Waals surface area contributed by atoms with E-state index in [9.17, 15) is 4.79 Å². The van der Waals surface area contributed by atoms with Crippen molar-refractivity contribution < 1.29 is 9.53 Å². The first-order valence-electron chi connectivity index (χ1n) is 8.67. The summed E-state index contributed by atoms with van der Waals surface area (Å²) in [5.74, 6) is -0.127. The summed E-state index contributed by atoms with van der Waals surface area (Å²) in [7, 11) is 0. The second kappa shape index (κ2) is 7.86. The molecule has 6 heteroatoms. The van der Waals surface area contributed by atoms with Crippen LogP contribution in [0.1, 0.15) is 29.8 Å². The maximum atomic E-state index is 12.3. The molecule has 27 heavy (non-hydrogen) atoms. The standard InChI is InChI=1S/C21H22N4O2/c1-13(2)12-27-21(26)16-8-18-17(19(9-22)25-20(18)24-11-16)7-14(3)15-5-4-6-23-10-15/h4-11,13H,3,12,22H2,1-2H3,(H,24,25)/b17-7-,19-9+. The Morgan fingerprint density at radius 2 is 2.19 bits per heavy atom. The molecule has 0 aromatic carbocycles. The number of hydrogen-bond donors (Lipinski definition) is 2. The number of rotatable bonds is 5. The number of nitrogens with zero attached hydrogens (tertiary/aromatic N) is 2. The van der Waals surface area contributed by atoms with Gasteiger partial charge >= 0.3 is 5.97 Å². The molecule has 3 heterocycles. The topological polar surface area (TPSA) is 93.9 Å². The Kier molecular flexibility index (Phi) is 5.35. The lowest BCUT2D eigenvalue weighted by atomic mass is 10.1. The summed E-state index contributed by atoms with van der Waals surface area (Å²) in [5.41, 5.74) is 8.48. The summed E-state index contributed by atoms with van der Waals surface area (Å²) in [5, 5.41) is 2.29. The van der Waals surface area contributed by atoms with Gasteiger partial charge in [0.15, 0.2) is 0 Å². The summed E-state index contributed by atoms with van der Waals surface area (Å²) in [6, 6.07) is 5.54. The molecule has 0 amide bonds. The van der Waals surface area contributed by atoms with Gasteiger partial charge in [-0.05, 0) is 35.3 Å². The molecular formula is C21H22N4O2. The number of carbonyl (C=O) groups excluding carboxylic acids is 1. The van der Waals surface area contributed by atoms with Gasteiger partial charge in [0, 0.05) is 35.4 Å². The van der Waals surface area contributed by atoms with E-state index >= 15 is 0 Å². The molecule has 6 nitrogen and oxygen atoms in total. The SMILES string of the molecule is C=C(/C=c1\c(=C/N)[nH]c2ncc(C(=O)OCC(C)C)cc12)c1cccnc1. The molecule has 3 aromatic heterocycles. The van der Waals surface area contributed by atoms with Crippen LogP contribution < -0.4 is 16.3 Å². The van der Waals surface area contributed by atoms with Gasteiger partial charge in [0.05, 0.1) is 17.5 Å². The van der Waals surface area contributed by atoms with Crippen molar-refractivity contribution >= 4 is 34.9 Å². The zero-order chi connectivity index (χ0) is 19.4. The molecule has 0 saturated heterocycles. The number of nitrogens with one attached hydrogen (secondary N) is 1. The summed E-state index contributed by atoms with van der Waals surface area (Å²) in [4.78, 5) is 23.9. The average molecular weight is 362 g/mol. The third kappa shape index (κ3) is 4.06. The Morgan fingerprint density at radius 1 is 1.37 bits per heavy atom. The smallest absolute Gasteiger partial charge is 0.339 e. The van der Waals surface area contributed by atoms with E-state index in [1.54, 1.807) is 18.5 Å². The minimum atomic E-state index is -0.394. The van der Waals surface area contributed by atoms with Crippen LogP contribution in [0.5, 0.6) is 0 Å². The van der Waals surface area contributed by atoms with Crippen molar-refractivity contribution in [3.63, 3.8) is 0 Å². The van der Waals surface area contributed by atoms with E-state index in [0.717, 1.165) is 21.7 Å². The predicted octanol–water partition coefficient (Wildman–Crippen LogP) is 1.96. The van der Waals surface area contributed by atoms with E-state index in [1.807, 2.05) is 32.1 Å². The Bertz CT molecular complexity index is 1100. The lowest BCUT2D eigenvalue weighted by Gasteiger charge is -2.06. The Balaban J connectivity index is 2.08. The van der Waals surface area contributed by atoms with E-state index in [2.05, 4.69) is 21.5 Å². The number of esters is 1. The van der Waals surface area contributed by atoms with Crippen LogP contribution in [-0.4, -0.2) is 27.5 Å². The third-order valence-corrected chi connectivity index (χ3v) is 4.02. The number of hydrogen-bond acceptors (Lipinski definition) is 5. The molecule has 3 aromatic rings. The lowest BCUT2D eigenvalue weighted by molar-refractivity contribution is 0.0458. The number of fused-ring (bicyclic) bond motifs is 1. The molecule has 0 fully saturated rings. The number of carbonyl (C=O) groups is 1. The van der Waals surface area contributed by atoms with Crippen molar-refractivity contribution in [1.82, 2.24) is 15.0 Å². The van der Waals surface area contributed by atoms with Crippen molar-refractivity contribution in [3.05, 3.63) is 65.1 Å². The molecule has 0 aliphatic rings. The fraction of sp³-hybridized carbons (Fsp3) is 0.190. The number of aromatic nitrogens is 3. The van der Waals surface area contributed by atoms with Crippen molar-refractivity contribution in [3.8, 4) is 0 Å². The van der Waals surface area contributed by atoms with Gasteiger partial charge in [-0.3, -0.25) is 4.98 Å². The molecule has 0 saturated carbocycles. The Morgan fingerprint density at radius 3 is 2.85 bits per heavy atom. The van der Waals surface area contributed by atoms with Gasteiger partial charge < -0.3 is 15.5 Å². The highest BCUT2D eigenvalue weighted by Crippen LogP contribution is 2.13. The number of pyridine rings is 2. The van der Waals surface area contributed by atoms with Crippen molar-refractivity contribution in [2.75, 3.05) is 6.61 Å². The molecule has 138 valence electrons. The van der Waals surface area contributed by atoms with Crippen molar-refractivity contribution in [1.29, 1.82) is 0 Å². The number of H-pyrrole nitrogens is 1. The number of allylic oxidation sites excluding steroid dienone is 1. The molecule has 0 spiro atoms. The lowest BCUT2D eigenvalue weighted by Crippen LogP contribution is -2.24. The van der Waals surface area contributed by atoms with Gasteiger partial charge in [-0.25, -0.2) is 9.78 Å². The molecule has 0 radical (unpaired) electrons. The Hall–Kier alpha value is -3.41. The highest BCUT2D eigenvalue weighted by Gasteiger charge is 2.12. The first-order chi connectivity index (χ1) is 13.0. The predicted molar refractivity (Wildman–Crippen MR) is 107 cm³/mol. The van der Waals surface area contributed by atoms with Gasteiger partial charge in [0.2, 0.25) is 0 Å².